The molecule has 0 saturated carbocycles. The molecule has 1 N–H and O–H groups in total. The number of nitrogens with zero attached hydrogens (tertiary/aromatic N) is 1. The summed E-state index contributed by atoms with van der Waals surface area (Å²) in [6.45, 7) is 10.8. The Morgan fingerprint density at radius 3 is 2.12 bits per heavy atom. The van der Waals surface area contributed by atoms with Crippen LogP contribution in [0.2, 0.25) is 0 Å². The third kappa shape index (κ3) is 8.22. The second kappa shape index (κ2) is 12.7. The Hall–Kier alpha value is -3.08. The number of carbonyl (C=O) groups is 2. The van der Waals surface area contributed by atoms with Crippen molar-refractivity contribution in [2.75, 3.05) is 6.54 Å². The number of allylic oxidation sites excluding steroid dienone is 1. The topological polar surface area (TPSA) is 58.6 Å². The fourth-order valence-corrected chi connectivity index (χ4v) is 3.43. The van der Waals surface area contributed by atoms with Gasteiger partial charge in [-0.1, -0.05) is 86.2 Å². The molecular weight excluding hydrogens is 400 g/mol. The molecule has 32 heavy (non-hydrogen) atoms. The molecule has 0 spiro atoms. The summed E-state index contributed by atoms with van der Waals surface area (Å²) < 4.78 is 5.38. The van der Waals surface area contributed by atoms with Crippen molar-refractivity contribution in [1.82, 2.24) is 10.2 Å². The van der Waals surface area contributed by atoms with Crippen LogP contribution in [0.3, 0.4) is 0 Å². The Morgan fingerprint density at radius 1 is 0.969 bits per heavy atom. The van der Waals surface area contributed by atoms with Crippen LogP contribution >= 0.6 is 0 Å². The van der Waals surface area contributed by atoms with Crippen LogP contribution in [0.15, 0.2) is 72.3 Å². The van der Waals surface area contributed by atoms with Crippen molar-refractivity contribution >= 4 is 12.0 Å². The normalized spacial score (nSPS) is 12.6. The zero-order valence-electron chi connectivity index (χ0n) is 19.9. The Balaban J connectivity index is 2.17. The smallest absolute Gasteiger partial charge is 0.408 e. The summed E-state index contributed by atoms with van der Waals surface area (Å²) in [6, 6.07) is 18.7. The molecule has 0 saturated heterocycles. The van der Waals surface area contributed by atoms with Crippen molar-refractivity contribution in [2.45, 2.75) is 59.7 Å². The standard InChI is InChI=1S/C27H36N2O3/c1-20(2)16-17-29(22(5)24-14-10-7-11-15-24)26(30)25(18-21(3)4)28-27(31)32-19-23-12-8-6-9-13-23/h6-16,21-22,25H,17-19H2,1-5H3,(H,28,31). The first kappa shape index (κ1) is 25.2. The number of alkyl carbamates (subject to hydrolysis) is 1. The number of hydrogen-bond acceptors (Lipinski definition) is 3. The van der Waals surface area contributed by atoms with Crippen molar-refractivity contribution in [3.63, 3.8) is 0 Å². The molecule has 172 valence electrons. The highest BCUT2D eigenvalue weighted by Crippen LogP contribution is 2.22. The first-order chi connectivity index (χ1) is 15.3. The SMILES string of the molecule is CC(C)=CCN(C(=O)C(CC(C)C)NC(=O)OCc1ccccc1)C(C)c1ccccc1. The zero-order chi connectivity index (χ0) is 23.5. The summed E-state index contributed by atoms with van der Waals surface area (Å²) in [5.74, 6) is 0.125. The summed E-state index contributed by atoms with van der Waals surface area (Å²) in [7, 11) is 0. The minimum absolute atomic E-state index is 0.107. The highest BCUT2D eigenvalue weighted by atomic mass is 16.5. The number of nitrogens with one attached hydrogen (secondary N) is 1. The Labute approximate surface area is 192 Å². The Bertz CT molecular complexity index is 874. The molecule has 5 nitrogen and oxygen atoms in total. The fraction of sp³-hybridized carbons (Fsp3) is 0.407. The lowest BCUT2D eigenvalue weighted by atomic mass is 10.0. The molecule has 2 aromatic rings. The molecule has 2 atom stereocenters. The van der Waals surface area contributed by atoms with E-state index in [0.717, 1.165) is 16.7 Å². The number of carbonyl (C=O) groups excluding carboxylic acids is 2. The lowest BCUT2D eigenvalue weighted by Crippen LogP contribution is -2.50. The summed E-state index contributed by atoms with van der Waals surface area (Å²) in [6.07, 6.45) is 1.99. The maximum absolute atomic E-state index is 13.6. The number of amides is 2. The van der Waals surface area contributed by atoms with Crippen LogP contribution in [0.5, 0.6) is 0 Å². The van der Waals surface area contributed by atoms with E-state index in [1.54, 1.807) is 0 Å². The van der Waals surface area contributed by atoms with Gasteiger partial charge >= 0.3 is 6.09 Å². The van der Waals surface area contributed by atoms with Gasteiger partial charge in [-0.2, -0.15) is 0 Å². The molecule has 2 unspecified atom stereocenters. The summed E-state index contributed by atoms with van der Waals surface area (Å²) >= 11 is 0. The van der Waals surface area contributed by atoms with E-state index in [-0.39, 0.29) is 24.5 Å². The number of rotatable bonds is 10. The van der Waals surface area contributed by atoms with Crippen molar-refractivity contribution < 1.29 is 14.3 Å². The van der Waals surface area contributed by atoms with Gasteiger partial charge in [-0.3, -0.25) is 4.79 Å². The van der Waals surface area contributed by atoms with Crippen molar-refractivity contribution in [3.05, 3.63) is 83.4 Å². The van der Waals surface area contributed by atoms with Crippen LogP contribution in [0.25, 0.3) is 0 Å². The van der Waals surface area contributed by atoms with Gasteiger partial charge in [-0.15, -0.1) is 0 Å². The predicted molar refractivity (Wildman–Crippen MR) is 129 cm³/mol. The largest absolute Gasteiger partial charge is 0.445 e. The molecule has 2 aromatic carbocycles. The Morgan fingerprint density at radius 2 is 1.56 bits per heavy atom. The highest BCUT2D eigenvalue weighted by molar-refractivity contribution is 5.86. The second-order valence-electron chi connectivity index (χ2n) is 8.75. The average Bonchev–Trinajstić information content (AvgIpc) is 2.78. The lowest BCUT2D eigenvalue weighted by molar-refractivity contribution is -0.135. The van der Waals surface area contributed by atoms with E-state index >= 15 is 0 Å². The van der Waals surface area contributed by atoms with E-state index in [9.17, 15) is 9.59 Å². The molecule has 0 aliphatic carbocycles. The van der Waals surface area contributed by atoms with Gasteiger partial charge in [-0.25, -0.2) is 4.79 Å². The zero-order valence-corrected chi connectivity index (χ0v) is 19.9. The van der Waals surface area contributed by atoms with Crippen LogP contribution in [0, 0.1) is 5.92 Å². The lowest BCUT2D eigenvalue weighted by Gasteiger charge is -2.33. The minimum atomic E-state index is -0.657. The van der Waals surface area contributed by atoms with Gasteiger partial charge in [0.2, 0.25) is 5.91 Å². The molecule has 5 heteroatoms. The summed E-state index contributed by atoms with van der Waals surface area (Å²) in [4.78, 5) is 28.0. The predicted octanol–water partition coefficient (Wildman–Crippen LogP) is 5.88. The Kier molecular flexibility index (Phi) is 9.99. The minimum Gasteiger partial charge on any atom is -0.445 e. The van der Waals surface area contributed by atoms with E-state index in [1.165, 1.54) is 0 Å². The summed E-state index contributed by atoms with van der Waals surface area (Å²) in [5.41, 5.74) is 3.09. The van der Waals surface area contributed by atoms with Gasteiger partial charge in [-0.05, 0) is 44.2 Å². The van der Waals surface area contributed by atoms with Crippen molar-refractivity contribution in [3.8, 4) is 0 Å². The van der Waals surface area contributed by atoms with Crippen LogP contribution in [0.1, 0.15) is 58.2 Å². The fourth-order valence-electron chi connectivity index (χ4n) is 3.43. The first-order valence-corrected chi connectivity index (χ1v) is 11.2. The maximum atomic E-state index is 13.6. The maximum Gasteiger partial charge on any atom is 0.408 e. The molecule has 0 radical (unpaired) electrons. The van der Waals surface area contributed by atoms with Gasteiger partial charge in [0.25, 0.3) is 0 Å². The molecule has 2 rings (SSSR count). The van der Waals surface area contributed by atoms with E-state index < -0.39 is 12.1 Å². The van der Waals surface area contributed by atoms with E-state index in [0.29, 0.717) is 13.0 Å². The molecule has 0 heterocycles. The molecule has 0 aromatic heterocycles. The van der Waals surface area contributed by atoms with Crippen molar-refractivity contribution in [1.29, 1.82) is 0 Å². The molecule has 0 bridgehead atoms. The second-order valence-corrected chi connectivity index (χ2v) is 8.75. The van der Waals surface area contributed by atoms with Gasteiger partial charge in [0.05, 0.1) is 6.04 Å². The quantitative estimate of drug-likeness (QED) is 0.473. The number of ether oxygens (including phenoxy) is 1. The van der Waals surface area contributed by atoms with Gasteiger partial charge in [0.15, 0.2) is 0 Å². The molecule has 2 amide bonds. The number of benzene rings is 2. The molecular formula is C27H36N2O3. The van der Waals surface area contributed by atoms with E-state index in [4.69, 9.17) is 4.74 Å². The third-order valence-corrected chi connectivity index (χ3v) is 5.24. The third-order valence-electron chi connectivity index (χ3n) is 5.24. The van der Waals surface area contributed by atoms with Crippen LogP contribution < -0.4 is 5.32 Å². The van der Waals surface area contributed by atoms with Crippen LogP contribution in [-0.4, -0.2) is 29.5 Å². The summed E-state index contributed by atoms with van der Waals surface area (Å²) in [5, 5.41) is 2.82. The van der Waals surface area contributed by atoms with Crippen molar-refractivity contribution in [2.24, 2.45) is 5.92 Å². The average molecular weight is 437 g/mol. The molecule has 0 aliphatic rings. The van der Waals surface area contributed by atoms with Crippen LogP contribution in [-0.2, 0) is 16.1 Å². The van der Waals surface area contributed by atoms with Gasteiger partial charge < -0.3 is 15.0 Å². The molecule has 0 fully saturated rings. The first-order valence-electron chi connectivity index (χ1n) is 11.2. The monoisotopic (exact) mass is 436 g/mol. The van der Waals surface area contributed by atoms with Gasteiger partial charge in [0.1, 0.15) is 12.6 Å². The van der Waals surface area contributed by atoms with E-state index in [2.05, 4.69) is 5.32 Å². The van der Waals surface area contributed by atoms with Gasteiger partial charge in [0, 0.05) is 6.54 Å². The van der Waals surface area contributed by atoms with E-state index in [1.807, 2.05) is 106 Å². The number of hydrogen-bond donors (Lipinski definition) is 1. The molecule has 0 aliphatic heterocycles. The van der Waals surface area contributed by atoms with Crippen LogP contribution in [0.4, 0.5) is 4.79 Å². The highest BCUT2D eigenvalue weighted by Gasteiger charge is 2.30.